The van der Waals surface area contributed by atoms with Gasteiger partial charge in [0.15, 0.2) is 0 Å². The SMILES string of the molecule is CN1C(N)=Nc2c[c]ccc2S1(=O)=O. The number of guanidine groups is 1. The summed E-state index contributed by atoms with van der Waals surface area (Å²) in [6.45, 7) is 0. The lowest BCUT2D eigenvalue weighted by Gasteiger charge is -2.23. The zero-order valence-electron chi connectivity index (χ0n) is 7.43. The molecular weight excluding hydrogens is 202 g/mol. The Bertz CT molecular complexity index is 507. The maximum Gasteiger partial charge on any atom is 0.268 e. The van der Waals surface area contributed by atoms with Gasteiger partial charge in [-0.25, -0.2) is 17.7 Å². The maximum atomic E-state index is 11.8. The number of fused-ring (bicyclic) bond motifs is 1. The first-order chi connectivity index (χ1) is 6.53. The second-order valence-corrected chi connectivity index (χ2v) is 4.77. The number of aliphatic imine (C=N–C) groups is 1. The van der Waals surface area contributed by atoms with Crippen molar-refractivity contribution in [1.82, 2.24) is 4.31 Å². The maximum absolute atomic E-state index is 11.8. The van der Waals surface area contributed by atoms with Crippen molar-refractivity contribution in [3.8, 4) is 0 Å². The van der Waals surface area contributed by atoms with Crippen molar-refractivity contribution in [3.63, 3.8) is 0 Å². The Hall–Kier alpha value is -1.56. The van der Waals surface area contributed by atoms with Gasteiger partial charge in [0.2, 0.25) is 5.96 Å². The van der Waals surface area contributed by atoms with Gasteiger partial charge in [0.25, 0.3) is 10.0 Å². The largest absolute Gasteiger partial charge is 0.369 e. The number of rotatable bonds is 0. The third-order valence-corrected chi connectivity index (χ3v) is 3.81. The molecule has 0 bridgehead atoms. The van der Waals surface area contributed by atoms with Crippen LogP contribution >= 0.6 is 0 Å². The first kappa shape index (κ1) is 9.01. The van der Waals surface area contributed by atoms with E-state index in [-0.39, 0.29) is 10.9 Å². The van der Waals surface area contributed by atoms with Crippen molar-refractivity contribution >= 4 is 21.7 Å². The summed E-state index contributed by atoms with van der Waals surface area (Å²) in [7, 11) is -2.14. The first-order valence-electron chi connectivity index (χ1n) is 3.86. The van der Waals surface area contributed by atoms with Gasteiger partial charge < -0.3 is 5.73 Å². The van der Waals surface area contributed by atoms with Crippen molar-refractivity contribution in [2.75, 3.05) is 7.05 Å². The van der Waals surface area contributed by atoms with E-state index in [0.29, 0.717) is 5.69 Å². The molecule has 2 N–H and O–H groups in total. The summed E-state index contributed by atoms with van der Waals surface area (Å²) in [5, 5.41) is 0. The fraction of sp³-hybridized carbons (Fsp3) is 0.125. The van der Waals surface area contributed by atoms with Crippen LogP contribution in [0.3, 0.4) is 0 Å². The molecule has 1 aliphatic heterocycles. The van der Waals surface area contributed by atoms with Gasteiger partial charge >= 0.3 is 0 Å². The number of sulfonamides is 1. The summed E-state index contributed by atoms with van der Waals surface area (Å²) < 4.78 is 24.5. The normalized spacial score (nSPS) is 18.6. The monoisotopic (exact) mass is 210 g/mol. The molecule has 0 aromatic heterocycles. The molecule has 0 amide bonds. The summed E-state index contributed by atoms with van der Waals surface area (Å²) in [6, 6.07) is 7.23. The Morgan fingerprint density at radius 1 is 1.57 bits per heavy atom. The molecule has 0 aliphatic carbocycles. The lowest BCUT2D eigenvalue weighted by molar-refractivity contribution is 0.548. The van der Waals surface area contributed by atoms with Crippen LogP contribution in [-0.4, -0.2) is 25.7 Å². The summed E-state index contributed by atoms with van der Waals surface area (Å²) in [5.41, 5.74) is 5.79. The van der Waals surface area contributed by atoms with E-state index in [1.807, 2.05) is 0 Å². The van der Waals surface area contributed by atoms with Crippen LogP contribution in [-0.2, 0) is 10.0 Å². The van der Waals surface area contributed by atoms with E-state index in [1.165, 1.54) is 25.2 Å². The summed E-state index contributed by atoms with van der Waals surface area (Å²) in [5.74, 6) is -0.0305. The predicted octanol–water partition coefficient (Wildman–Crippen LogP) is 0.0671. The van der Waals surface area contributed by atoms with Crippen LogP contribution in [0.4, 0.5) is 5.69 Å². The molecule has 0 saturated carbocycles. The zero-order valence-corrected chi connectivity index (χ0v) is 8.25. The van der Waals surface area contributed by atoms with Crippen LogP contribution in [0.15, 0.2) is 28.1 Å². The molecule has 1 aromatic rings. The van der Waals surface area contributed by atoms with Crippen molar-refractivity contribution in [3.05, 3.63) is 24.3 Å². The summed E-state index contributed by atoms with van der Waals surface area (Å²) in [6.07, 6.45) is 0. The van der Waals surface area contributed by atoms with Crippen LogP contribution in [0.2, 0.25) is 0 Å². The van der Waals surface area contributed by atoms with Gasteiger partial charge in [-0.15, -0.1) is 0 Å². The fourth-order valence-corrected chi connectivity index (χ4v) is 2.37. The van der Waals surface area contributed by atoms with Crippen molar-refractivity contribution in [2.24, 2.45) is 10.7 Å². The van der Waals surface area contributed by atoms with E-state index in [2.05, 4.69) is 11.1 Å². The summed E-state index contributed by atoms with van der Waals surface area (Å²) >= 11 is 0. The molecule has 5 nitrogen and oxygen atoms in total. The van der Waals surface area contributed by atoms with Gasteiger partial charge in [-0.1, -0.05) is 6.07 Å². The molecular formula is C8H8N3O2S. The molecule has 6 heteroatoms. The van der Waals surface area contributed by atoms with Gasteiger partial charge in [-0.2, -0.15) is 0 Å². The lowest BCUT2D eigenvalue weighted by atomic mass is 10.3. The molecule has 2 rings (SSSR count). The molecule has 0 unspecified atom stereocenters. The van der Waals surface area contributed by atoms with E-state index >= 15 is 0 Å². The highest BCUT2D eigenvalue weighted by atomic mass is 32.2. The van der Waals surface area contributed by atoms with E-state index in [9.17, 15) is 8.42 Å². The third kappa shape index (κ3) is 1.07. The first-order valence-corrected chi connectivity index (χ1v) is 5.30. The van der Waals surface area contributed by atoms with Gasteiger partial charge in [0, 0.05) is 7.05 Å². The Morgan fingerprint density at radius 3 is 3.00 bits per heavy atom. The molecule has 1 aromatic carbocycles. The molecule has 0 atom stereocenters. The van der Waals surface area contributed by atoms with Crippen LogP contribution < -0.4 is 5.73 Å². The number of benzene rings is 1. The lowest BCUT2D eigenvalue weighted by Crippen LogP contribution is -2.40. The molecule has 1 aliphatic rings. The highest BCUT2D eigenvalue weighted by molar-refractivity contribution is 7.89. The van der Waals surface area contributed by atoms with Gasteiger partial charge in [0.1, 0.15) is 4.90 Å². The molecule has 1 heterocycles. The van der Waals surface area contributed by atoms with E-state index in [0.717, 1.165) is 4.31 Å². The number of hydrogen-bond donors (Lipinski definition) is 1. The highest BCUT2D eigenvalue weighted by Crippen LogP contribution is 2.29. The molecule has 14 heavy (non-hydrogen) atoms. The van der Waals surface area contributed by atoms with Gasteiger partial charge in [0.05, 0.1) is 5.69 Å². The van der Waals surface area contributed by atoms with E-state index < -0.39 is 10.0 Å². The van der Waals surface area contributed by atoms with Crippen molar-refractivity contribution in [1.29, 1.82) is 0 Å². The fourth-order valence-electron chi connectivity index (χ4n) is 1.18. The van der Waals surface area contributed by atoms with Crippen LogP contribution in [0.1, 0.15) is 0 Å². The molecule has 0 fully saturated rings. The number of hydrogen-bond acceptors (Lipinski definition) is 4. The Kier molecular flexibility index (Phi) is 1.75. The minimum absolute atomic E-state index is 0.0305. The van der Waals surface area contributed by atoms with Gasteiger partial charge in [-0.3, -0.25) is 0 Å². The summed E-state index contributed by atoms with van der Waals surface area (Å²) in [4.78, 5) is 4.09. The average molecular weight is 210 g/mol. The Balaban J connectivity index is 2.79. The standard InChI is InChI=1S/C8H8N3O2S/c1-11-8(9)10-6-4-2-3-5-7(6)14(11,12)13/h3-5H,1H3,(H2,9,10). The van der Waals surface area contributed by atoms with E-state index in [1.54, 1.807) is 0 Å². The highest BCUT2D eigenvalue weighted by Gasteiger charge is 2.29. The average Bonchev–Trinajstić information content (AvgIpc) is 2.15. The minimum atomic E-state index is -3.51. The quantitative estimate of drug-likeness (QED) is 0.658. The van der Waals surface area contributed by atoms with E-state index in [4.69, 9.17) is 5.73 Å². The van der Waals surface area contributed by atoms with Crippen LogP contribution in [0, 0.1) is 6.07 Å². The zero-order chi connectivity index (χ0) is 10.3. The molecule has 73 valence electrons. The van der Waals surface area contributed by atoms with Crippen molar-refractivity contribution < 1.29 is 8.42 Å². The number of nitrogens with zero attached hydrogens (tertiary/aromatic N) is 2. The third-order valence-electron chi connectivity index (χ3n) is 2.00. The molecule has 0 spiro atoms. The smallest absolute Gasteiger partial charge is 0.268 e. The Morgan fingerprint density at radius 2 is 2.29 bits per heavy atom. The van der Waals surface area contributed by atoms with Crippen LogP contribution in [0.25, 0.3) is 0 Å². The Labute approximate surface area is 81.9 Å². The second kappa shape index (κ2) is 2.71. The second-order valence-electron chi connectivity index (χ2n) is 2.84. The molecule has 1 radical (unpaired) electrons. The topological polar surface area (TPSA) is 75.8 Å². The van der Waals surface area contributed by atoms with Gasteiger partial charge in [-0.05, 0) is 18.2 Å². The van der Waals surface area contributed by atoms with Crippen LogP contribution in [0.5, 0.6) is 0 Å². The number of nitrogens with two attached hydrogens (primary N) is 1. The molecule has 0 saturated heterocycles. The minimum Gasteiger partial charge on any atom is -0.369 e. The van der Waals surface area contributed by atoms with Crippen molar-refractivity contribution in [2.45, 2.75) is 4.90 Å². The predicted molar refractivity (Wildman–Crippen MR) is 51.5 cm³/mol.